The van der Waals surface area contributed by atoms with Crippen molar-refractivity contribution in [1.29, 1.82) is 0 Å². The van der Waals surface area contributed by atoms with Crippen molar-refractivity contribution in [2.45, 2.75) is 83.6 Å². The van der Waals surface area contributed by atoms with Crippen molar-refractivity contribution in [3.8, 4) is 0 Å². The van der Waals surface area contributed by atoms with Gasteiger partial charge in [0, 0.05) is 22.0 Å². The minimum absolute atomic E-state index is 0.0427. The molecular weight excluding hydrogens is 614 g/mol. The number of carbonyl (C=O) groups excluding carboxylic acids is 6. The fourth-order valence-electron chi connectivity index (χ4n) is 4.48. The highest BCUT2D eigenvalue weighted by molar-refractivity contribution is 5.96. The molecule has 0 spiro atoms. The Balaban J connectivity index is 2.10. The van der Waals surface area contributed by atoms with Crippen LogP contribution >= 0.6 is 0 Å². The van der Waals surface area contributed by atoms with Gasteiger partial charge in [0.1, 0.15) is 17.7 Å². The maximum atomic E-state index is 13.3. The van der Waals surface area contributed by atoms with E-state index in [4.69, 9.17) is 16.0 Å². The van der Waals surface area contributed by atoms with Crippen molar-refractivity contribution >= 4 is 46.4 Å². The largest absolute Gasteiger partial charge is 0.460 e. The van der Waals surface area contributed by atoms with Crippen molar-refractivity contribution in [3.63, 3.8) is 0 Å². The lowest BCUT2D eigenvalue weighted by molar-refractivity contribution is -0.156. The second-order valence-electron chi connectivity index (χ2n) is 12.3. The summed E-state index contributed by atoms with van der Waals surface area (Å²) >= 11 is 0. The zero-order valence-electron chi connectivity index (χ0n) is 27.0. The maximum Gasteiger partial charge on any atom is 0.308 e. The van der Waals surface area contributed by atoms with Gasteiger partial charge in [-0.05, 0) is 61.8 Å². The molecule has 0 aliphatic heterocycles. The molecule has 1 heterocycles. The highest BCUT2D eigenvalue weighted by atomic mass is 16.6. The number of nitrogens with one attached hydrogen (secondary N) is 5. The van der Waals surface area contributed by atoms with E-state index in [0.29, 0.717) is 0 Å². The lowest BCUT2D eigenvalue weighted by Gasteiger charge is -2.25. The van der Waals surface area contributed by atoms with Crippen LogP contribution in [0.15, 0.2) is 35.6 Å². The number of H-pyrrole nitrogens is 1. The number of para-hydroxylation sites is 1. The molecule has 4 atom stereocenters. The summed E-state index contributed by atoms with van der Waals surface area (Å²) in [6, 6.07) is 2.03. The molecule has 0 unspecified atom stereocenters. The van der Waals surface area contributed by atoms with E-state index < -0.39 is 84.8 Å². The Morgan fingerprint density at radius 3 is 2.28 bits per heavy atom. The molecule has 5 amide bonds. The Morgan fingerprint density at radius 2 is 1.66 bits per heavy atom. The summed E-state index contributed by atoms with van der Waals surface area (Å²) in [7, 11) is 0. The molecule has 47 heavy (non-hydrogen) atoms. The zero-order chi connectivity index (χ0) is 35.3. The molecule has 256 valence electrons. The molecular formula is C30H43N9O8. The first-order valence-electron chi connectivity index (χ1n) is 14.9. The van der Waals surface area contributed by atoms with Gasteiger partial charge in [-0.15, -0.1) is 0 Å². The zero-order valence-corrected chi connectivity index (χ0v) is 27.0. The summed E-state index contributed by atoms with van der Waals surface area (Å²) < 4.78 is 5.30. The normalized spacial score (nSPS) is 13.8. The molecule has 0 aliphatic carbocycles. The van der Waals surface area contributed by atoms with Crippen molar-refractivity contribution in [2.24, 2.45) is 16.8 Å². The highest BCUT2D eigenvalue weighted by Gasteiger charge is 2.32. The van der Waals surface area contributed by atoms with E-state index in [1.807, 2.05) is 24.3 Å². The molecule has 2 rings (SSSR count). The number of hydrogen-bond acceptors (Lipinski definition) is 9. The summed E-state index contributed by atoms with van der Waals surface area (Å²) in [4.78, 5) is 81.7. The van der Waals surface area contributed by atoms with Crippen molar-refractivity contribution < 1.29 is 38.6 Å². The SMILES string of the molecule is CC(C)C[C@H](NC(=O)CNC(=O)[C@H](CO)NC(=O)[C@@H](CC(=O)OC(C)(C)C)NC(=O)[C@H](N)Cc1c[nH]c2ccccc12)C(=O)N=[N+]=[N-]. The monoisotopic (exact) mass is 657 g/mol. The number of carbonyl (C=O) groups is 6. The van der Waals surface area contributed by atoms with Crippen molar-refractivity contribution in [1.82, 2.24) is 26.3 Å². The molecule has 0 bridgehead atoms. The van der Waals surface area contributed by atoms with Crippen LogP contribution in [0.2, 0.25) is 0 Å². The van der Waals surface area contributed by atoms with Gasteiger partial charge in [0.15, 0.2) is 0 Å². The lowest BCUT2D eigenvalue weighted by Crippen LogP contribution is -2.58. The Labute approximate surface area is 271 Å². The van der Waals surface area contributed by atoms with Gasteiger partial charge in [-0.25, -0.2) is 0 Å². The molecule has 0 fully saturated rings. The van der Waals surface area contributed by atoms with E-state index in [2.05, 4.69) is 36.3 Å². The first-order valence-corrected chi connectivity index (χ1v) is 14.9. The summed E-state index contributed by atoms with van der Waals surface area (Å²) in [6.07, 6.45) is 1.37. The molecule has 2 aromatic rings. The number of aliphatic hydroxyl groups is 1. The first kappa shape index (κ1) is 38.2. The molecule has 17 heteroatoms. The van der Waals surface area contributed by atoms with Gasteiger partial charge in [-0.3, -0.25) is 28.8 Å². The second kappa shape index (κ2) is 17.6. The number of esters is 1. The van der Waals surface area contributed by atoms with Crippen LogP contribution in [-0.2, 0) is 39.9 Å². The summed E-state index contributed by atoms with van der Waals surface area (Å²) in [5.41, 5.74) is 15.4. The fraction of sp³-hybridized carbons (Fsp3) is 0.533. The molecule has 1 aromatic heterocycles. The van der Waals surface area contributed by atoms with Gasteiger partial charge in [-0.1, -0.05) is 32.0 Å². The molecule has 17 nitrogen and oxygen atoms in total. The fourth-order valence-corrected chi connectivity index (χ4v) is 4.48. The van der Waals surface area contributed by atoms with Gasteiger partial charge < -0.3 is 41.8 Å². The van der Waals surface area contributed by atoms with Gasteiger partial charge in [-0.2, -0.15) is 0 Å². The number of rotatable bonds is 16. The van der Waals surface area contributed by atoms with Gasteiger partial charge in [0.05, 0.1) is 31.7 Å². The van der Waals surface area contributed by atoms with Crippen LogP contribution in [0.3, 0.4) is 0 Å². The number of ether oxygens (including phenoxy) is 1. The first-order chi connectivity index (χ1) is 22.0. The van der Waals surface area contributed by atoms with E-state index in [1.54, 1.807) is 40.8 Å². The Morgan fingerprint density at radius 1 is 1.00 bits per heavy atom. The van der Waals surface area contributed by atoms with Crippen LogP contribution in [0.1, 0.15) is 53.0 Å². The predicted molar refractivity (Wildman–Crippen MR) is 170 cm³/mol. The number of nitrogens with zero attached hydrogens (tertiary/aromatic N) is 3. The third kappa shape index (κ3) is 12.7. The van der Waals surface area contributed by atoms with E-state index >= 15 is 0 Å². The molecule has 0 saturated heterocycles. The maximum absolute atomic E-state index is 13.3. The van der Waals surface area contributed by atoms with Crippen LogP contribution in [0.5, 0.6) is 0 Å². The Bertz CT molecular complexity index is 1490. The van der Waals surface area contributed by atoms with Crippen LogP contribution in [0.4, 0.5) is 0 Å². The molecule has 0 aliphatic rings. The lowest BCUT2D eigenvalue weighted by atomic mass is 10.0. The average molecular weight is 658 g/mol. The number of amides is 5. The topological polar surface area (TPSA) is 271 Å². The standard InChI is InChI=1S/C30H43N9O8/c1-16(2)10-21(29(46)38-39-32)35-24(41)14-34-27(44)23(15-40)37-28(45)22(12-25(42)47-30(3,4)5)36-26(43)19(31)11-17-13-33-20-9-7-6-8-18(17)20/h6-9,13,16,19,21-23,33,40H,10-12,14-15,31H2,1-5H3,(H,34,44)(H,35,41)(H,36,43)(H,37,45)/t19-,21+,22-,23+/m1/s1. The Kier molecular flexibility index (Phi) is 14.3. The number of nitrogens with two attached hydrogens (primary N) is 1. The smallest absolute Gasteiger partial charge is 0.308 e. The Hall–Kier alpha value is -4.99. The van der Waals surface area contributed by atoms with E-state index in [9.17, 15) is 33.9 Å². The minimum atomic E-state index is -1.59. The number of aliphatic hydroxyl groups excluding tert-OH is 1. The third-order valence-electron chi connectivity index (χ3n) is 6.60. The number of aromatic nitrogens is 1. The van der Waals surface area contributed by atoms with Crippen LogP contribution < -0.4 is 27.0 Å². The van der Waals surface area contributed by atoms with Crippen molar-refractivity contribution in [2.75, 3.05) is 13.2 Å². The summed E-state index contributed by atoms with van der Waals surface area (Å²) in [5.74, 6) is -5.30. The average Bonchev–Trinajstić information content (AvgIpc) is 3.39. The highest BCUT2D eigenvalue weighted by Crippen LogP contribution is 2.19. The van der Waals surface area contributed by atoms with E-state index in [1.165, 1.54) is 0 Å². The van der Waals surface area contributed by atoms with Gasteiger partial charge >= 0.3 is 5.97 Å². The van der Waals surface area contributed by atoms with E-state index in [0.717, 1.165) is 16.5 Å². The number of benzene rings is 1. The number of azide groups is 1. The molecule has 0 radical (unpaired) electrons. The predicted octanol–water partition coefficient (Wildman–Crippen LogP) is 0.215. The van der Waals surface area contributed by atoms with Crippen molar-refractivity contribution in [3.05, 3.63) is 46.5 Å². The molecule has 1 aromatic carbocycles. The summed E-state index contributed by atoms with van der Waals surface area (Å²) in [5, 5.41) is 23.0. The van der Waals surface area contributed by atoms with Gasteiger partial charge in [0.2, 0.25) is 29.5 Å². The summed E-state index contributed by atoms with van der Waals surface area (Å²) in [6.45, 7) is 6.88. The van der Waals surface area contributed by atoms with Gasteiger partial charge in [0.25, 0.3) is 0 Å². The van der Waals surface area contributed by atoms with Crippen LogP contribution in [0.25, 0.3) is 21.3 Å². The van der Waals surface area contributed by atoms with Crippen LogP contribution in [-0.4, -0.2) is 88.5 Å². The quantitative estimate of drug-likeness (QED) is 0.0562. The number of hydrogen-bond donors (Lipinski definition) is 7. The minimum Gasteiger partial charge on any atom is -0.460 e. The number of aromatic amines is 1. The molecule has 0 saturated carbocycles. The van der Waals surface area contributed by atoms with E-state index in [-0.39, 0.29) is 18.8 Å². The van der Waals surface area contributed by atoms with Crippen LogP contribution in [0, 0.1) is 5.92 Å². The second-order valence-corrected chi connectivity index (χ2v) is 12.3. The molecule has 8 N–H and O–H groups in total. The third-order valence-corrected chi connectivity index (χ3v) is 6.60. The number of fused-ring (bicyclic) bond motifs is 1.